The number of piperidine rings is 1. The van der Waals surface area contributed by atoms with Gasteiger partial charge in [-0.1, -0.05) is 12.1 Å². The lowest BCUT2D eigenvalue weighted by molar-refractivity contribution is -0.136. The number of benzene rings is 1. The average molecular weight is 410 g/mol. The Bertz CT molecular complexity index is 1090. The third-order valence-corrected chi connectivity index (χ3v) is 5.26. The third-order valence-electron chi connectivity index (χ3n) is 5.26. The van der Waals surface area contributed by atoms with E-state index in [0.29, 0.717) is 30.3 Å². The first-order chi connectivity index (χ1) is 14.5. The molecule has 0 unspecified atom stereocenters. The van der Waals surface area contributed by atoms with E-state index in [0.717, 1.165) is 24.8 Å². The van der Waals surface area contributed by atoms with E-state index in [1.807, 2.05) is 0 Å². The zero-order valence-electron chi connectivity index (χ0n) is 16.8. The van der Waals surface area contributed by atoms with E-state index < -0.39 is 0 Å². The van der Waals surface area contributed by atoms with Gasteiger partial charge in [0.15, 0.2) is 0 Å². The van der Waals surface area contributed by atoms with E-state index in [1.54, 1.807) is 36.2 Å². The van der Waals surface area contributed by atoms with Crippen molar-refractivity contribution in [3.8, 4) is 0 Å². The van der Waals surface area contributed by atoms with Gasteiger partial charge in [0.25, 0.3) is 5.56 Å². The summed E-state index contributed by atoms with van der Waals surface area (Å²) < 4.78 is 20.2. The predicted molar refractivity (Wildman–Crippen MR) is 107 cm³/mol. The van der Waals surface area contributed by atoms with Crippen molar-refractivity contribution in [1.82, 2.24) is 19.7 Å². The smallest absolute Gasteiger partial charge is 0.267 e. The molecule has 3 heterocycles. The van der Waals surface area contributed by atoms with Crippen molar-refractivity contribution in [1.29, 1.82) is 0 Å². The van der Waals surface area contributed by atoms with Crippen molar-refractivity contribution < 1.29 is 13.6 Å². The molecule has 1 amide bonds. The zero-order chi connectivity index (χ0) is 21.1. The van der Waals surface area contributed by atoms with Gasteiger partial charge < -0.3 is 9.32 Å². The van der Waals surface area contributed by atoms with Crippen LogP contribution in [0.15, 0.2) is 51.8 Å². The lowest BCUT2D eigenvalue weighted by atomic mass is 10.0. The highest BCUT2D eigenvalue weighted by Gasteiger charge is 2.31. The molecule has 1 saturated heterocycles. The van der Waals surface area contributed by atoms with Crippen LogP contribution in [0.5, 0.6) is 0 Å². The highest BCUT2D eigenvalue weighted by Crippen LogP contribution is 2.31. The Morgan fingerprint density at radius 2 is 2.00 bits per heavy atom. The molecule has 0 N–H and O–H groups in total. The van der Waals surface area contributed by atoms with Crippen LogP contribution in [0, 0.1) is 12.7 Å². The summed E-state index contributed by atoms with van der Waals surface area (Å²) in [5.74, 6) is 0.685. The molecule has 0 spiro atoms. The Hall–Kier alpha value is -3.29. The monoisotopic (exact) mass is 410 g/mol. The van der Waals surface area contributed by atoms with E-state index in [2.05, 4.69) is 10.1 Å². The van der Waals surface area contributed by atoms with Crippen LogP contribution in [-0.4, -0.2) is 32.1 Å². The molecule has 3 aromatic rings. The number of aryl methyl sites for hydroxylation is 1. The first-order valence-corrected chi connectivity index (χ1v) is 10.0. The van der Waals surface area contributed by atoms with Crippen molar-refractivity contribution in [3.63, 3.8) is 0 Å². The highest BCUT2D eigenvalue weighted by molar-refractivity contribution is 5.76. The second-order valence-corrected chi connectivity index (χ2v) is 7.54. The van der Waals surface area contributed by atoms with E-state index in [9.17, 15) is 14.0 Å². The van der Waals surface area contributed by atoms with E-state index >= 15 is 0 Å². The van der Waals surface area contributed by atoms with Gasteiger partial charge in [-0.15, -0.1) is 0 Å². The van der Waals surface area contributed by atoms with Gasteiger partial charge in [0.1, 0.15) is 24.2 Å². The average Bonchev–Trinajstić information content (AvgIpc) is 3.21. The Labute approximate surface area is 173 Å². The van der Waals surface area contributed by atoms with Crippen molar-refractivity contribution in [2.75, 3.05) is 6.54 Å². The summed E-state index contributed by atoms with van der Waals surface area (Å²) >= 11 is 0. The maximum atomic E-state index is 13.1. The fourth-order valence-electron chi connectivity index (χ4n) is 3.73. The number of amides is 1. The number of carbonyl (C=O) groups excluding carboxylic acids is 1. The minimum Gasteiger partial charge on any atom is -0.443 e. The SMILES string of the molecule is Cc1ccc(=O)n(CC(=O)N2CCCC[C@@H]2c2ncc(Cc3ccc(F)cc3)o2)n1. The van der Waals surface area contributed by atoms with Crippen LogP contribution < -0.4 is 5.56 Å². The van der Waals surface area contributed by atoms with Crippen LogP contribution in [-0.2, 0) is 17.8 Å². The summed E-state index contributed by atoms with van der Waals surface area (Å²) in [7, 11) is 0. The quantitative estimate of drug-likeness (QED) is 0.646. The first-order valence-electron chi connectivity index (χ1n) is 10.0. The molecule has 1 aliphatic rings. The minimum absolute atomic E-state index is 0.111. The van der Waals surface area contributed by atoms with Crippen LogP contribution in [0.3, 0.4) is 0 Å². The lowest BCUT2D eigenvalue weighted by Crippen LogP contribution is -2.42. The molecule has 1 aliphatic heterocycles. The molecule has 156 valence electrons. The Balaban J connectivity index is 1.50. The van der Waals surface area contributed by atoms with Crippen LogP contribution in [0.4, 0.5) is 4.39 Å². The maximum Gasteiger partial charge on any atom is 0.267 e. The molecular formula is C22H23FN4O3. The molecule has 7 nitrogen and oxygen atoms in total. The van der Waals surface area contributed by atoms with Crippen LogP contribution in [0.2, 0.25) is 0 Å². The Kier molecular flexibility index (Phi) is 5.74. The molecule has 0 radical (unpaired) electrons. The van der Waals surface area contributed by atoms with Gasteiger partial charge in [0.2, 0.25) is 11.8 Å². The van der Waals surface area contributed by atoms with Crippen molar-refractivity contribution in [2.24, 2.45) is 0 Å². The molecule has 2 aromatic heterocycles. The van der Waals surface area contributed by atoms with Crippen molar-refractivity contribution >= 4 is 5.91 Å². The fraction of sp³-hybridized carbons (Fsp3) is 0.364. The number of hydrogen-bond donors (Lipinski definition) is 0. The van der Waals surface area contributed by atoms with Gasteiger partial charge in [-0.25, -0.2) is 14.1 Å². The number of nitrogens with zero attached hydrogens (tertiary/aromatic N) is 4. The molecule has 0 aliphatic carbocycles. The Morgan fingerprint density at radius 1 is 1.20 bits per heavy atom. The van der Waals surface area contributed by atoms with Gasteiger partial charge in [0.05, 0.1) is 11.9 Å². The summed E-state index contributed by atoms with van der Waals surface area (Å²) in [4.78, 5) is 31.1. The van der Waals surface area contributed by atoms with Gasteiger partial charge >= 0.3 is 0 Å². The predicted octanol–water partition coefficient (Wildman–Crippen LogP) is 3.02. The second-order valence-electron chi connectivity index (χ2n) is 7.54. The van der Waals surface area contributed by atoms with Crippen molar-refractivity contribution in [3.05, 3.63) is 81.7 Å². The number of carbonyl (C=O) groups is 1. The summed E-state index contributed by atoms with van der Waals surface area (Å²) in [6.45, 7) is 2.25. The molecule has 30 heavy (non-hydrogen) atoms. The molecule has 4 rings (SSSR count). The number of oxazole rings is 1. The summed E-state index contributed by atoms with van der Waals surface area (Å²) in [5, 5.41) is 4.15. The van der Waals surface area contributed by atoms with Crippen LogP contribution in [0.25, 0.3) is 0 Å². The molecule has 8 heteroatoms. The molecule has 0 saturated carbocycles. The largest absolute Gasteiger partial charge is 0.443 e. The number of halogens is 1. The van der Waals surface area contributed by atoms with Gasteiger partial charge in [-0.3, -0.25) is 9.59 Å². The molecule has 0 bridgehead atoms. The molecular weight excluding hydrogens is 387 g/mol. The summed E-state index contributed by atoms with van der Waals surface area (Å²) in [5.41, 5.74) is 1.29. The van der Waals surface area contributed by atoms with E-state index in [4.69, 9.17) is 4.42 Å². The highest BCUT2D eigenvalue weighted by atomic mass is 19.1. The number of hydrogen-bond acceptors (Lipinski definition) is 5. The second kappa shape index (κ2) is 8.61. The minimum atomic E-state index is -0.305. The standard InChI is InChI=1S/C22H23FN4O3/c1-15-5-10-20(28)27(25-15)14-21(29)26-11-3-2-4-19(26)22-24-13-18(30-22)12-16-6-8-17(23)9-7-16/h5-10,13,19H,2-4,11-12,14H2,1H3/t19-/m1/s1. The van der Waals surface area contributed by atoms with E-state index in [-0.39, 0.29) is 29.9 Å². The van der Waals surface area contributed by atoms with Crippen LogP contribution >= 0.6 is 0 Å². The summed E-state index contributed by atoms with van der Waals surface area (Å²) in [6, 6.07) is 9.02. The number of rotatable bonds is 5. The van der Waals surface area contributed by atoms with Crippen LogP contribution in [0.1, 0.15) is 48.2 Å². The fourth-order valence-corrected chi connectivity index (χ4v) is 3.73. The van der Waals surface area contributed by atoms with Crippen molar-refractivity contribution in [2.45, 2.75) is 45.2 Å². The summed E-state index contributed by atoms with van der Waals surface area (Å²) in [6.07, 6.45) is 4.76. The normalized spacial score (nSPS) is 16.6. The molecule has 1 fully saturated rings. The van der Waals surface area contributed by atoms with Gasteiger partial charge in [-0.05, 0) is 49.9 Å². The van der Waals surface area contributed by atoms with Gasteiger partial charge in [-0.2, -0.15) is 5.10 Å². The lowest BCUT2D eigenvalue weighted by Gasteiger charge is -2.33. The molecule has 1 atom stereocenters. The topological polar surface area (TPSA) is 81.2 Å². The molecule has 1 aromatic carbocycles. The zero-order valence-corrected chi connectivity index (χ0v) is 16.8. The third kappa shape index (κ3) is 4.48. The maximum absolute atomic E-state index is 13.1. The Morgan fingerprint density at radius 3 is 2.80 bits per heavy atom. The van der Waals surface area contributed by atoms with E-state index in [1.165, 1.54) is 22.9 Å². The first kappa shape index (κ1) is 20.0. The number of likely N-dealkylation sites (tertiary alicyclic amines) is 1. The van der Waals surface area contributed by atoms with Gasteiger partial charge in [0, 0.05) is 19.0 Å². The number of aromatic nitrogens is 3.